The van der Waals surface area contributed by atoms with Crippen LogP contribution in [0.2, 0.25) is 0 Å². The summed E-state index contributed by atoms with van der Waals surface area (Å²) in [5, 5.41) is 0. The predicted molar refractivity (Wildman–Crippen MR) is 72.4 cm³/mol. The van der Waals surface area contributed by atoms with Crippen molar-refractivity contribution in [3.63, 3.8) is 0 Å². The number of alkyl halides is 3. The lowest BCUT2D eigenvalue weighted by atomic mass is 10.2. The highest BCUT2D eigenvalue weighted by atomic mass is 79.9. The van der Waals surface area contributed by atoms with E-state index in [0.717, 1.165) is 22.9 Å². The highest BCUT2D eigenvalue weighted by molar-refractivity contribution is 9.11. The summed E-state index contributed by atoms with van der Waals surface area (Å²) in [6.45, 7) is 0. The molecule has 0 bridgehead atoms. The van der Waals surface area contributed by atoms with Gasteiger partial charge in [-0.3, -0.25) is 9.36 Å². The van der Waals surface area contributed by atoms with Crippen molar-refractivity contribution >= 4 is 31.9 Å². The molecule has 0 amide bonds. The van der Waals surface area contributed by atoms with Crippen LogP contribution in [0.15, 0.2) is 50.3 Å². The van der Waals surface area contributed by atoms with Crippen LogP contribution < -0.4 is 5.56 Å². The van der Waals surface area contributed by atoms with Gasteiger partial charge in [0.05, 0.1) is 11.3 Å². The maximum absolute atomic E-state index is 12.7. The molecule has 0 N–H and O–H groups in total. The summed E-state index contributed by atoms with van der Waals surface area (Å²) in [4.78, 5) is 11.7. The lowest BCUT2D eigenvalue weighted by Crippen LogP contribution is -2.20. The minimum absolute atomic E-state index is 0.338. The van der Waals surface area contributed by atoms with Crippen molar-refractivity contribution in [1.29, 1.82) is 0 Å². The second kappa shape index (κ2) is 5.13. The van der Waals surface area contributed by atoms with E-state index in [4.69, 9.17) is 0 Å². The van der Waals surface area contributed by atoms with Crippen LogP contribution in [0.4, 0.5) is 13.2 Å². The Morgan fingerprint density at radius 2 is 1.74 bits per heavy atom. The fourth-order valence-corrected chi connectivity index (χ4v) is 2.30. The van der Waals surface area contributed by atoms with E-state index < -0.39 is 17.3 Å². The van der Waals surface area contributed by atoms with Gasteiger partial charge in [0.15, 0.2) is 0 Å². The van der Waals surface area contributed by atoms with Crippen LogP contribution >= 0.6 is 31.9 Å². The molecule has 0 aliphatic rings. The molecule has 0 radical (unpaired) electrons. The van der Waals surface area contributed by atoms with Crippen LogP contribution in [0.5, 0.6) is 0 Å². The second-order valence-electron chi connectivity index (χ2n) is 3.72. The molecule has 0 saturated carbocycles. The lowest BCUT2D eigenvalue weighted by molar-refractivity contribution is -0.138. The van der Waals surface area contributed by atoms with E-state index in [1.54, 1.807) is 18.2 Å². The molecule has 0 aliphatic heterocycles. The van der Waals surface area contributed by atoms with Gasteiger partial charge in [0.2, 0.25) is 0 Å². The molecule has 0 aliphatic carbocycles. The lowest BCUT2D eigenvalue weighted by Gasteiger charge is -2.12. The zero-order valence-electron chi connectivity index (χ0n) is 9.21. The highest BCUT2D eigenvalue weighted by Crippen LogP contribution is 2.30. The van der Waals surface area contributed by atoms with Gasteiger partial charge in [-0.1, -0.05) is 15.9 Å². The molecule has 100 valence electrons. The number of rotatable bonds is 1. The van der Waals surface area contributed by atoms with Crippen molar-refractivity contribution in [2.45, 2.75) is 6.18 Å². The molecule has 1 heterocycles. The predicted octanol–water partition coefficient (Wildman–Crippen LogP) is 4.38. The van der Waals surface area contributed by atoms with E-state index in [0.29, 0.717) is 14.6 Å². The van der Waals surface area contributed by atoms with Crippen molar-refractivity contribution in [1.82, 2.24) is 4.57 Å². The van der Waals surface area contributed by atoms with E-state index >= 15 is 0 Å². The summed E-state index contributed by atoms with van der Waals surface area (Å²) in [6, 6.07) is 6.59. The molecule has 2 rings (SSSR count). The van der Waals surface area contributed by atoms with Crippen LogP contribution in [0.1, 0.15) is 5.56 Å². The normalized spacial score (nSPS) is 11.6. The number of nitrogens with zero attached hydrogens (tertiary/aromatic N) is 1. The van der Waals surface area contributed by atoms with E-state index in [9.17, 15) is 18.0 Å². The average Bonchev–Trinajstić information content (AvgIpc) is 2.32. The van der Waals surface area contributed by atoms with Crippen molar-refractivity contribution in [2.75, 3.05) is 0 Å². The Labute approximate surface area is 123 Å². The SMILES string of the molecule is O=c1ccc(C(F)(F)F)cn1-c1cc(Br)ccc1Br. The van der Waals surface area contributed by atoms with E-state index in [2.05, 4.69) is 31.9 Å². The third kappa shape index (κ3) is 3.09. The van der Waals surface area contributed by atoms with Crippen molar-refractivity contribution in [3.8, 4) is 5.69 Å². The van der Waals surface area contributed by atoms with Crippen molar-refractivity contribution < 1.29 is 13.2 Å². The van der Waals surface area contributed by atoms with Gasteiger partial charge in [0, 0.05) is 21.2 Å². The number of halogens is 5. The maximum Gasteiger partial charge on any atom is 0.417 e. The Morgan fingerprint density at radius 3 is 2.37 bits per heavy atom. The molecule has 0 unspecified atom stereocenters. The van der Waals surface area contributed by atoms with Crippen LogP contribution in [-0.2, 0) is 6.18 Å². The molecule has 0 fully saturated rings. The Bertz CT molecular complexity index is 679. The fourth-order valence-electron chi connectivity index (χ4n) is 1.51. The van der Waals surface area contributed by atoms with Crippen LogP contribution in [-0.4, -0.2) is 4.57 Å². The molecular weight excluding hydrogens is 391 g/mol. The fraction of sp³-hybridized carbons (Fsp3) is 0.0833. The van der Waals surface area contributed by atoms with Gasteiger partial charge in [-0.25, -0.2) is 0 Å². The van der Waals surface area contributed by atoms with Gasteiger partial charge < -0.3 is 0 Å². The summed E-state index contributed by atoms with van der Waals surface area (Å²) in [6.07, 6.45) is -3.71. The zero-order chi connectivity index (χ0) is 14.2. The minimum atomic E-state index is -4.49. The molecule has 2 nitrogen and oxygen atoms in total. The largest absolute Gasteiger partial charge is 0.417 e. The number of aromatic nitrogens is 1. The quantitative estimate of drug-likeness (QED) is 0.701. The Balaban J connectivity index is 2.68. The molecule has 1 aromatic carbocycles. The maximum atomic E-state index is 12.7. The first kappa shape index (κ1) is 14.3. The molecule has 2 aromatic rings. The summed E-state index contributed by atoms with van der Waals surface area (Å²) >= 11 is 6.43. The van der Waals surface area contributed by atoms with E-state index in [1.807, 2.05) is 0 Å². The first-order chi connectivity index (χ1) is 8.79. The van der Waals surface area contributed by atoms with Gasteiger partial charge in [-0.2, -0.15) is 13.2 Å². The van der Waals surface area contributed by atoms with Gasteiger partial charge >= 0.3 is 6.18 Å². The first-order valence-electron chi connectivity index (χ1n) is 5.04. The van der Waals surface area contributed by atoms with Gasteiger partial charge in [0.25, 0.3) is 5.56 Å². The third-order valence-corrected chi connectivity index (χ3v) is 3.57. The number of hydrogen-bond donors (Lipinski definition) is 0. The molecule has 7 heteroatoms. The zero-order valence-corrected chi connectivity index (χ0v) is 12.4. The minimum Gasteiger partial charge on any atom is -0.283 e. The standard InChI is InChI=1S/C12H6Br2F3NO/c13-8-2-3-9(14)10(5-8)18-6-7(12(15,16)17)1-4-11(18)19/h1-6H. The Kier molecular flexibility index (Phi) is 3.87. The monoisotopic (exact) mass is 395 g/mol. The Morgan fingerprint density at radius 1 is 1.05 bits per heavy atom. The summed E-state index contributed by atoms with van der Waals surface area (Å²) < 4.78 is 40.1. The van der Waals surface area contributed by atoms with Gasteiger partial charge in [-0.05, 0) is 40.2 Å². The Hall–Kier alpha value is -1.08. The van der Waals surface area contributed by atoms with E-state index in [1.165, 1.54) is 0 Å². The average molecular weight is 397 g/mol. The van der Waals surface area contributed by atoms with Gasteiger partial charge in [-0.15, -0.1) is 0 Å². The number of pyridine rings is 1. The number of benzene rings is 1. The summed E-state index contributed by atoms with van der Waals surface area (Å²) in [5.41, 5.74) is -1.07. The summed E-state index contributed by atoms with van der Waals surface area (Å²) in [5.74, 6) is 0. The molecule has 0 spiro atoms. The van der Waals surface area contributed by atoms with Crippen LogP contribution in [0.25, 0.3) is 5.69 Å². The topological polar surface area (TPSA) is 22.0 Å². The third-order valence-electron chi connectivity index (χ3n) is 2.41. The molecule has 19 heavy (non-hydrogen) atoms. The number of hydrogen-bond acceptors (Lipinski definition) is 1. The summed E-state index contributed by atoms with van der Waals surface area (Å²) in [7, 11) is 0. The second-order valence-corrected chi connectivity index (χ2v) is 5.49. The van der Waals surface area contributed by atoms with E-state index in [-0.39, 0.29) is 0 Å². The van der Waals surface area contributed by atoms with Crippen molar-refractivity contribution in [2.24, 2.45) is 0 Å². The van der Waals surface area contributed by atoms with Crippen LogP contribution in [0, 0.1) is 0 Å². The smallest absolute Gasteiger partial charge is 0.283 e. The molecule has 1 aromatic heterocycles. The first-order valence-corrected chi connectivity index (χ1v) is 6.63. The highest BCUT2D eigenvalue weighted by Gasteiger charge is 2.31. The van der Waals surface area contributed by atoms with Gasteiger partial charge in [0.1, 0.15) is 0 Å². The molecular formula is C12H6Br2F3NO. The van der Waals surface area contributed by atoms with Crippen molar-refractivity contribution in [3.05, 3.63) is 61.4 Å². The van der Waals surface area contributed by atoms with Crippen LogP contribution in [0.3, 0.4) is 0 Å². The molecule has 0 atom stereocenters. The molecule has 0 saturated heterocycles.